The monoisotopic (exact) mass is 617 g/mol. The Morgan fingerprint density at radius 3 is 2.40 bits per heavy atom. The van der Waals surface area contributed by atoms with Crippen molar-refractivity contribution in [1.29, 1.82) is 0 Å². The number of rotatable bonds is 14. The molecule has 1 unspecified atom stereocenters. The molecule has 7 N–H and O–H groups in total. The highest BCUT2D eigenvalue weighted by atomic mass is 32.2. The number of allylic oxidation sites excluding steroid dienone is 1. The third-order valence-electron chi connectivity index (χ3n) is 5.51. The minimum atomic E-state index is -4.85. The molecule has 14 nitrogen and oxygen atoms in total. The van der Waals surface area contributed by atoms with Gasteiger partial charge >= 0.3 is 15.2 Å². The van der Waals surface area contributed by atoms with Gasteiger partial charge in [-0.3, -0.25) is 13.7 Å². The first-order chi connectivity index (χ1) is 18.7. The van der Waals surface area contributed by atoms with E-state index in [0.717, 1.165) is 5.56 Å². The van der Waals surface area contributed by atoms with Crippen LogP contribution in [0.25, 0.3) is 11.2 Å². The van der Waals surface area contributed by atoms with Crippen LogP contribution in [0.5, 0.6) is 0 Å². The van der Waals surface area contributed by atoms with Crippen LogP contribution in [0.4, 0.5) is 5.82 Å². The van der Waals surface area contributed by atoms with Crippen molar-refractivity contribution in [1.82, 2.24) is 19.5 Å². The lowest BCUT2D eigenvalue weighted by atomic mass is 10.0. The van der Waals surface area contributed by atoms with E-state index in [9.17, 15) is 29.3 Å². The molecule has 4 atom stereocenters. The van der Waals surface area contributed by atoms with E-state index in [1.54, 1.807) is 0 Å². The van der Waals surface area contributed by atoms with Crippen LogP contribution in [0.15, 0.2) is 53.5 Å². The lowest BCUT2D eigenvalue weighted by Crippen LogP contribution is -2.37. The molecule has 0 aliphatic heterocycles. The zero-order valence-corrected chi connectivity index (χ0v) is 24.6. The van der Waals surface area contributed by atoms with Crippen LogP contribution < -0.4 is 5.32 Å². The normalized spacial score (nSPS) is 16.6. The number of hydrogen-bond acceptors (Lipinski definition) is 11. The molecule has 0 saturated heterocycles. The molecule has 0 amide bonds. The van der Waals surface area contributed by atoms with Gasteiger partial charge in [0.1, 0.15) is 12.2 Å². The summed E-state index contributed by atoms with van der Waals surface area (Å²) in [7, 11) is -9.56. The molecule has 0 radical (unpaired) electrons. The number of aromatic nitrogens is 4. The largest absolute Gasteiger partial charge is 0.386 e. The molecular formula is C23H33N5O9P2S. The molecule has 2 heterocycles. The summed E-state index contributed by atoms with van der Waals surface area (Å²) in [5.74, 6) is -1.000. The fraction of sp³-hybridized carbons (Fsp3) is 0.435. The molecule has 0 saturated carbocycles. The molecule has 0 aliphatic carbocycles. The standard InChI is InChI=1S/C23H33N5O9P2S/c1-4-16(11-37-39(35,36)13-38(32,33)34)18(29)19(30)22(31)28-12-25-17-20(24-10-15-8-6-5-7-9-15)26-23(27-21(17)28)40-14(2)3/h4-9,12,14,18-19,22,29-31H,10-11,13H2,1-3H3,(H,35,36)(H,24,26,27)(H2,32,33,34)/b16-4-/t18-,19-,22-/m1/s1. The van der Waals surface area contributed by atoms with E-state index in [-0.39, 0.29) is 16.5 Å². The average molecular weight is 618 g/mol. The molecule has 3 aromatic rings. The summed E-state index contributed by atoms with van der Waals surface area (Å²) in [6, 6.07) is 9.61. The predicted octanol–water partition coefficient (Wildman–Crippen LogP) is 2.44. The quantitative estimate of drug-likeness (QED) is 0.0598. The maximum atomic E-state index is 12.0. The SMILES string of the molecule is C/C=C(/COP(=O)(O)CP(=O)(O)O)[C@@H](O)[C@@H](O)[C@@H](O)n1cnc2c(NCc3ccccc3)nc(SC(C)C)nc21. The number of imidazole rings is 1. The van der Waals surface area contributed by atoms with Gasteiger partial charge in [0, 0.05) is 11.8 Å². The van der Waals surface area contributed by atoms with Crippen molar-refractivity contribution in [3.05, 3.63) is 53.9 Å². The molecule has 1 aromatic carbocycles. The van der Waals surface area contributed by atoms with E-state index in [0.29, 0.717) is 23.0 Å². The Labute approximate surface area is 234 Å². The van der Waals surface area contributed by atoms with Gasteiger partial charge in [-0.25, -0.2) is 15.0 Å². The first-order valence-electron chi connectivity index (χ1n) is 12.1. The van der Waals surface area contributed by atoms with Gasteiger partial charge in [-0.2, -0.15) is 0 Å². The van der Waals surface area contributed by atoms with Crippen LogP contribution in [0.3, 0.4) is 0 Å². The minimum absolute atomic E-state index is 0.105. The zero-order chi connectivity index (χ0) is 29.7. The van der Waals surface area contributed by atoms with Crippen LogP contribution in [0, 0.1) is 0 Å². The molecule has 0 spiro atoms. The second kappa shape index (κ2) is 13.7. The van der Waals surface area contributed by atoms with Crippen molar-refractivity contribution in [2.75, 3.05) is 17.8 Å². The van der Waals surface area contributed by atoms with E-state index >= 15 is 0 Å². The van der Waals surface area contributed by atoms with Gasteiger partial charge in [-0.1, -0.05) is 62.0 Å². The Morgan fingerprint density at radius 1 is 1.12 bits per heavy atom. The van der Waals surface area contributed by atoms with Crippen molar-refractivity contribution in [3.63, 3.8) is 0 Å². The molecule has 0 aliphatic rings. The van der Waals surface area contributed by atoms with E-state index in [1.807, 2.05) is 44.2 Å². The lowest BCUT2D eigenvalue weighted by molar-refractivity contribution is -0.0796. The fourth-order valence-electron chi connectivity index (χ4n) is 3.59. The summed E-state index contributed by atoms with van der Waals surface area (Å²) in [6.07, 6.45) is -2.89. The molecule has 3 rings (SSSR count). The molecule has 40 heavy (non-hydrogen) atoms. The Bertz CT molecular complexity index is 1420. The molecule has 17 heteroatoms. The summed E-state index contributed by atoms with van der Waals surface area (Å²) in [5, 5.41) is 36.3. The van der Waals surface area contributed by atoms with Crippen LogP contribution in [-0.2, 0) is 20.2 Å². The van der Waals surface area contributed by atoms with Crippen molar-refractivity contribution < 1.29 is 43.7 Å². The van der Waals surface area contributed by atoms with E-state index in [2.05, 4.69) is 20.3 Å². The van der Waals surface area contributed by atoms with Crippen molar-refractivity contribution in [2.45, 2.75) is 56.2 Å². The van der Waals surface area contributed by atoms with Crippen LogP contribution in [0.2, 0.25) is 0 Å². The van der Waals surface area contributed by atoms with E-state index < -0.39 is 46.1 Å². The average Bonchev–Trinajstić information content (AvgIpc) is 3.29. The van der Waals surface area contributed by atoms with Gasteiger partial charge < -0.3 is 39.8 Å². The van der Waals surface area contributed by atoms with Crippen LogP contribution in [0.1, 0.15) is 32.6 Å². The highest BCUT2D eigenvalue weighted by Gasteiger charge is 2.34. The Morgan fingerprint density at radius 2 is 1.80 bits per heavy atom. The topological polar surface area (TPSA) is 220 Å². The van der Waals surface area contributed by atoms with E-state index in [4.69, 9.17) is 14.3 Å². The molecule has 0 bridgehead atoms. The number of aliphatic hydroxyl groups is 3. The van der Waals surface area contributed by atoms with Crippen LogP contribution >= 0.6 is 27.0 Å². The highest BCUT2D eigenvalue weighted by molar-refractivity contribution is 7.99. The molecule has 0 fully saturated rings. The Hall–Kier alpha value is -2.16. The first kappa shape index (κ1) is 32.4. The van der Waals surface area contributed by atoms with Crippen molar-refractivity contribution in [3.8, 4) is 0 Å². The first-order valence-corrected chi connectivity index (χ1v) is 16.5. The van der Waals surface area contributed by atoms with Crippen molar-refractivity contribution >= 4 is 43.9 Å². The second-order valence-corrected chi connectivity index (χ2v) is 14.7. The number of anilines is 1. The van der Waals surface area contributed by atoms with Crippen molar-refractivity contribution in [2.24, 2.45) is 0 Å². The van der Waals surface area contributed by atoms with Gasteiger partial charge in [0.05, 0.1) is 12.9 Å². The Kier molecular flexibility index (Phi) is 11.1. The Balaban J connectivity index is 1.85. The maximum absolute atomic E-state index is 12.0. The number of nitrogens with one attached hydrogen (secondary N) is 1. The maximum Gasteiger partial charge on any atom is 0.340 e. The van der Waals surface area contributed by atoms with Gasteiger partial charge in [-0.05, 0) is 18.1 Å². The number of fused-ring (bicyclic) bond motifs is 1. The van der Waals surface area contributed by atoms with E-state index in [1.165, 1.54) is 35.7 Å². The lowest BCUT2D eigenvalue weighted by Gasteiger charge is -2.26. The number of hydrogen-bond donors (Lipinski definition) is 7. The van der Waals surface area contributed by atoms with Gasteiger partial charge in [0.2, 0.25) is 0 Å². The van der Waals surface area contributed by atoms with Gasteiger partial charge in [-0.15, -0.1) is 0 Å². The third-order valence-corrected chi connectivity index (χ3v) is 9.81. The summed E-state index contributed by atoms with van der Waals surface area (Å²) in [6.45, 7) is 5.09. The number of aliphatic hydroxyl groups excluding tert-OH is 3. The number of nitrogens with zero attached hydrogens (tertiary/aromatic N) is 4. The van der Waals surface area contributed by atoms with Gasteiger partial charge in [0.25, 0.3) is 0 Å². The second-order valence-electron chi connectivity index (χ2n) is 9.11. The third kappa shape index (κ3) is 8.92. The van der Waals surface area contributed by atoms with Gasteiger partial charge in [0.15, 0.2) is 34.3 Å². The summed E-state index contributed by atoms with van der Waals surface area (Å²) < 4.78 is 29.0. The highest BCUT2D eigenvalue weighted by Crippen LogP contribution is 2.55. The zero-order valence-electron chi connectivity index (χ0n) is 22.0. The predicted molar refractivity (Wildman–Crippen MR) is 150 cm³/mol. The summed E-state index contributed by atoms with van der Waals surface area (Å²) in [4.78, 5) is 41.0. The molecular weight excluding hydrogens is 584 g/mol. The smallest absolute Gasteiger partial charge is 0.340 e. The minimum Gasteiger partial charge on any atom is -0.386 e. The fourth-order valence-corrected chi connectivity index (χ4v) is 6.84. The number of benzene rings is 1. The summed E-state index contributed by atoms with van der Waals surface area (Å²) in [5.41, 5.74) is 1.40. The summed E-state index contributed by atoms with van der Waals surface area (Å²) >= 11 is 1.38. The number of thioether (sulfide) groups is 1. The molecule has 2 aromatic heterocycles. The van der Waals surface area contributed by atoms with Crippen LogP contribution in [-0.4, -0.2) is 79.5 Å². The molecule has 220 valence electrons.